The van der Waals surface area contributed by atoms with E-state index in [0.29, 0.717) is 28.8 Å². The fourth-order valence-electron chi connectivity index (χ4n) is 3.79. The Bertz CT molecular complexity index is 1450. The number of rotatable bonds is 9. The molecule has 0 aliphatic heterocycles. The summed E-state index contributed by atoms with van der Waals surface area (Å²) in [7, 11) is -4.92. The van der Waals surface area contributed by atoms with E-state index in [9.17, 15) is 18.9 Å². The third-order valence-electron chi connectivity index (χ3n) is 5.81. The molecule has 4 N–H and O–H groups in total. The van der Waals surface area contributed by atoms with Crippen LogP contribution in [0.25, 0.3) is 5.52 Å². The van der Waals surface area contributed by atoms with Crippen molar-refractivity contribution in [1.29, 1.82) is 0 Å². The van der Waals surface area contributed by atoms with E-state index >= 15 is 0 Å². The Morgan fingerprint density at radius 1 is 1.21 bits per heavy atom. The van der Waals surface area contributed by atoms with Crippen LogP contribution < -0.4 is 15.5 Å². The van der Waals surface area contributed by atoms with E-state index in [1.807, 2.05) is 0 Å². The topological polar surface area (TPSA) is 185 Å². The lowest BCUT2D eigenvalue weighted by atomic mass is 10.1. The lowest BCUT2D eigenvalue weighted by Gasteiger charge is -2.24. The number of hydrogen-bond donors (Lipinski definition) is 4. The molecule has 1 fully saturated rings. The second-order valence-electron chi connectivity index (χ2n) is 8.64. The second kappa shape index (κ2) is 10.9. The molecule has 202 valence electrons. The standard InChI is InChI=1S/C23H27N6O8P/c1-4-24-22(31)17-10-28-19(14(17)3)20(25-11-26-28)29(23(32)36-12-37-38(33,34)35)18-9-15(6-5-13(18)2)21(30)27-16-7-8-16/h5-6,9-11,16H,4,7-8,12H2,1-3H3,(H,24,31)(H,27,30)(H2,33,34,35). The second-order valence-corrected chi connectivity index (χ2v) is 9.88. The van der Waals surface area contributed by atoms with E-state index in [-0.39, 0.29) is 34.9 Å². The number of aromatic nitrogens is 3. The third-order valence-corrected chi connectivity index (χ3v) is 6.25. The molecule has 0 saturated heterocycles. The van der Waals surface area contributed by atoms with Crippen LogP contribution in [0.4, 0.5) is 16.3 Å². The predicted molar refractivity (Wildman–Crippen MR) is 134 cm³/mol. The van der Waals surface area contributed by atoms with Gasteiger partial charge in [-0.3, -0.25) is 9.59 Å². The van der Waals surface area contributed by atoms with Gasteiger partial charge in [0.05, 0.1) is 11.3 Å². The van der Waals surface area contributed by atoms with Gasteiger partial charge in [-0.1, -0.05) is 6.07 Å². The molecule has 0 radical (unpaired) electrons. The zero-order valence-electron chi connectivity index (χ0n) is 20.9. The molecule has 1 aromatic carbocycles. The van der Waals surface area contributed by atoms with Crippen LogP contribution in [0.1, 0.15) is 51.6 Å². The van der Waals surface area contributed by atoms with Crippen LogP contribution in [-0.2, 0) is 13.8 Å². The van der Waals surface area contributed by atoms with Crippen molar-refractivity contribution in [2.75, 3.05) is 18.2 Å². The van der Waals surface area contributed by atoms with Crippen LogP contribution in [-0.4, -0.2) is 61.7 Å². The van der Waals surface area contributed by atoms with Gasteiger partial charge in [-0.25, -0.2) is 28.3 Å². The van der Waals surface area contributed by atoms with Crippen molar-refractivity contribution >= 4 is 42.8 Å². The summed E-state index contributed by atoms with van der Waals surface area (Å²) in [6.45, 7) is 4.50. The zero-order valence-corrected chi connectivity index (χ0v) is 21.8. The molecule has 1 aliphatic rings. The van der Waals surface area contributed by atoms with Crippen LogP contribution in [0.2, 0.25) is 0 Å². The van der Waals surface area contributed by atoms with Crippen molar-refractivity contribution in [2.24, 2.45) is 0 Å². The molecule has 38 heavy (non-hydrogen) atoms. The number of hydrogen-bond acceptors (Lipinski definition) is 8. The van der Waals surface area contributed by atoms with Gasteiger partial charge in [-0.15, -0.1) is 0 Å². The largest absolute Gasteiger partial charge is 0.472 e. The molecule has 3 aromatic rings. The van der Waals surface area contributed by atoms with Gasteiger partial charge >= 0.3 is 13.9 Å². The summed E-state index contributed by atoms with van der Waals surface area (Å²) in [6.07, 6.45) is 3.36. The molecule has 1 saturated carbocycles. The first-order valence-corrected chi connectivity index (χ1v) is 13.2. The molecule has 0 bridgehead atoms. The Balaban J connectivity index is 1.83. The molecule has 2 aromatic heterocycles. The molecule has 15 heteroatoms. The van der Waals surface area contributed by atoms with Crippen molar-refractivity contribution in [3.63, 3.8) is 0 Å². The average molecular weight is 546 g/mol. The van der Waals surface area contributed by atoms with E-state index in [2.05, 4.69) is 25.2 Å². The maximum Gasteiger partial charge on any atom is 0.472 e. The molecule has 3 amide bonds. The zero-order chi connectivity index (χ0) is 27.6. The number of carbonyl (C=O) groups excluding carboxylic acids is 3. The molecule has 1 aliphatic carbocycles. The number of amides is 3. The fourth-order valence-corrected chi connectivity index (χ4v) is 3.98. The first kappa shape index (κ1) is 27.2. The number of carbonyl (C=O) groups is 3. The van der Waals surface area contributed by atoms with Crippen LogP contribution in [0.15, 0.2) is 30.7 Å². The quantitative estimate of drug-likeness (QED) is 0.229. The summed E-state index contributed by atoms with van der Waals surface area (Å²) < 4.78 is 21.8. The van der Waals surface area contributed by atoms with Crippen LogP contribution in [0.3, 0.4) is 0 Å². The van der Waals surface area contributed by atoms with Gasteiger partial charge in [0.15, 0.2) is 5.82 Å². The van der Waals surface area contributed by atoms with Crippen molar-refractivity contribution in [3.05, 3.63) is 53.0 Å². The molecule has 0 spiro atoms. The van der Waals surface area contributed by atoms with Gasteiger partial charge in [0.25, 0.3) is 11.8 Å². The summed E-state index contributed by atoms with van der Waals surface area (Å²) in [6, 6.07) is 4.85. The normalized spacial score (nSPS) is 13.3. The van der Waals surface area contributed by atoms with Crippen molar-refractivity contribution in [2.45, 2.75) is 39.7 Å². The summed E-state index contributed by atoms with van der Waals surface area (Å²) in [4.78, 5) is 62.0. The lowest BCUT2D eigenvalue weighted by Crippen LogP contribution is -2.30. The number of fused-ring (bicyclic) bond motifs is 1. The Hall–Kier alpha value is -3.84. The SMILES string of the molecule is CCNC(=O)c1cn2ncnc(N(C(=O)OCOP(=O)(O)O)c3cc(C(=O)NC4CC4)ccc3C)c2c1C. The van der Waals surface area contributed by atoms with E-state index in [4.69, 9.17) is 14.5 Å². The highest BCUT2D eigenvalue weighted by Crippen LogP contribution is 2.37. The molecule has 0 unspecified atom stereocenters. The highest BCUT2D eigenvalue weighted by atomic mass is 31.2. The van der Waals surface area contributed by atoms with E-state index in [1.165, 1.54) is 23.1 Å². The number of nitrogens with one attached hydrogen (secondary N) is 2. The van der Waals surface area contributed by atoms with Crippen molar-refractivity contribution in [1.82, 2.24) is 25.2 Å². The van der Waals surface area contributed by atoms with Gasteiger partial charge in [0.2, 0.25) is 6.79 Å². The van der Waals surface area contributed by atoms with E-state index in [0.717, 1.165) is 17.7 Å². The van der Waals surface area contributed by atoms with Gasteiger partial charge in [0.1, 0.15) is 11.8 Å². The highest BCUT2D eigenvalue weighted by Gasteiger charge is 2.30. The lowest BCUT2D eigenvalue weighted by molar-refractivity contribution is 0.0445. The van der Waals surface area contributed by atoms with Crippen molar-refractivity contribution < 1.29 is 38.0 Å². The first-order valence-electron chi connectivity index (χ1n) is 11.7. The van der Waals surface area contributed by atoms with Crippen LogP contribution >= 0.6 is 7.82 Å². The van der Waals surface area contributed by atoms with Gasteiger partial charge < -0.3 is 25.2 Å². The Morgan fingerprint density at radius 2 is 1.95 bits per heavy atom. The number of benzene rings is 1. The summed E-state index contributed by atoms with van der Waals surface area (Å²) in [5, 5.41) is 9.76. The van der Waals surface area contributed by atoms with Gasteiger partial charge in [0, 0.05) is 24.3 Å². The number of phosphoric acid groups is 1. The Labute approximate surface area is 217 Å². The smallest absolute Gasteiger partial charge is 0.421 e. The molecule has 14 nitrogen and oxygen atoms in total. The van der Waals surface area contributed by atoms with Crippen LogP contribution in [0, 0.1) is 13.8 Å². The Kier molecular flexibility index (Phi) is 7.78. The molecular weight excluding hydrogens is 519 g/mol. The molecule has 4 rings (SSSR count). The summed E-state index contributed by atoms with van der Waals surface area (Å²) in [5.74, 6) is -0.658. The maximum atomic E-state index is 13.4. The van der Waals surface area contributed by atoms with Crippen molar-refractivity contribution in [3.8, 4) is 0 Å². The minimum Gasteiger partial charge on any atom is -0.421 e. The number of ether oxygens (including phenoxy) is 1. The summed E-state index contributed by atoms with van der Waals surface area (Å²) >= 11 is 0. The minimum atomic E-state index is -4.92. The Morgan fingerprint density at radius 3 is 2.61 bits per heavy atom. The molecule has 0 atom stereocenters. The van der Waals surface area contributed by atoms with E-state index in [1.54, 1.807) is 32.9 Å². The predicted octanol–water partition coefficient (Wildman–Crippen LogP) is 2.33. The minimum absolute atomic E-state index is 0.0112. The van der Waals surface area contributed by atoms with E-state index < -0.39 is 20.7 Å². The number of anilines is 2. The number of phosphoric ester groups is 1. The fraction of sp³-hybridized carbons (Fsp3) is 0.348. The molecular formula is C23H27N6O8P. The average Bonchev–Trinajstić information content (AvgIpc) is 3.60. The third kappa shape index (κ3) is 6.00. The van der Waals surface area contributed by atoms with Gasteiger partial charge in [-0.05, 0) is 56.9 Å². The number of aryl methyl sites for hydroxylation is 2. The number of nitrogens with zero attached hydrogens (tertiary/aromatic N) is 4. The maximum absolute atomic E-state index is 13.4. The highest BCUT2D eigenvalue weighted by molar-refractivity contribution is 7.46. The summed E-state index contributed by atoms with van der Waals surface area (Å²) in [5.41, 5.74) is 2.13. The van der Waals surface area contributed by atoms with Gasteiger partial charge in [-0.2, -0.15) is 5.10 Å². The van der Waals surface area contributed by atoms with Crippen LogP contribution in [0.5, 0.6) is 0 Å². The first-order chi connectivity index (χ1) is 18.0. The molecule has 2 heterocycles. The monoisotopic (exact) mass is 546 g/mol.